The Morgan fingerprint density at radius 1 is 1.21 bits per heavy atom. The van der Waals surface area contributed by atoms with Gasteiger partial charge in [0.15, 0.2) is 0 Å². The van der Waals surface area contributed by atoms with Crippen LogP contribution in [-0.4, -0.2) is 59.3 Å². The molecule has 1 N–H and O–H groups in total. The van der Waals surface area contributed by atoms with Crippen LogP contribution in [0.25, 0.3) is 0 Å². The maximum absolute atomic E-state index is 9.94. The first kappa shape index (κ1) is 12.0. The summed E-state index contributed by atoms with van der Waals surface area (Å²) < 4.78 is 0. The van der Waals surface area contributed by atoms with Crippen LogP contribution in [0.2, 0.25) is 0 Å². The van der Waals surface area contributed by atoms with Gasteiger partial charge in [0.1, 0.15) is 0 Å². The minimum absolute atomic E-state index is 0.190. The summed E-state index contributed by atoms with van der Waals surface area (Å²) in [6.45, 7) is 10.5. The molecule has 0 spiro atoms. The van der Waals surface area contributed by atoms with Crippen molar-refractivity contribution in [1.29, 1.82) is 0 Å². The van der Waals surface area contributed by atoms with Crippen LogP contribution >= 0.6 is 0 Å². The van der Waals surface area contributed by atoms with E-state index in [1.165, 1.54) is 0 Å². The standard InChI is InChI=1S/C11H24N2O/c1-8(2)12(5)10-6-13(9(3)4)7-11(10)14/h8-11,14H,6-7H2,1-5H3. The Hall–Kier alpha value is -0.120. The molecule has 84 valence electrons. The highest BCUT2D eigenvalue weighted by molar-refractivity contribution is 4.91. The Labute approximate surface area is 87.7 Å². The lowest BCUT2D eigenvalue weighted by Crippen LogP contribution is -2.44. The van der Waals surface area contributed by atoms with E-state index in [4.69, 9.17) is 0 Å². The fourth-order valence-corrected chi connectivity index (χ4v) is 2.00. The molecule has 0 aliphatic carbocycles. The number of likely N-dealkylation sites (N-methyl/N-ethyl adjacent to an activating group) is 1. The minimum Gasteiger partial charge on any atom is -0.390 e. The van der Waals surface area contributed by atoms with Crippen molar-refractivity contribution in [1.82, 2.24) is 9.80 Å². The molecular weight excluding hydrogens is 176 g/mol. The zero-order valence-electron chi connectivity index (χ0n) is 10.1. The van der Waals surface area contributed by atoms with Gasteiger partial charge in [0, 0.05) is 31.2 Å². The molecule has 0 saturated carbocycles. The van der Waals surface area contributed by atoms with Gasteiger partial charge in [-0.1, -0.05) is 0 Å². The summed E-state index contributed by atoms with van der Waals surface area (Å²) in [7, 11) is 2.10. The third kappa shape index (κ3) is 2.47. The SMILES string of the molecule is CC(C)N1CC(O)C(N(C)C(C)C)C1. The molecule has 0 aromatic rings. The normalized spacial score (nSPS) is 29.8. The summed E-state index contributed by atoms with van der Waals surface area (Å²) in [5.74, 6) is 0. The third-order valence-corrected chi connectivity index (χ3v) is 3.36. The number of aliphatic hydroxyl groups excluding tert-OH is 1. The van der Waals surface area contributed by atoms with Crippen LogP contribution in [0.5, 0.6) is 0 Å². The van der Waals surface area contributed by atoms with Crippen LogP contribution in [0.3, 0.4) is 0 Å². The van der Waals surface area contributed by atoms with Crippen molar-refractivity contribution in [3.63, 3.8) is 0 Å². The van der Waals surface area contributed by atoms with Gasteiger partial charge in [-0.25, -0.2) is 0 Å². The Kier molecular flexibility index (Phi) is 3.93. The van der Waals surface area contributed by atoms with Crippen LogP contribution < -0.4 is 0 Å². The second-order valence-electron chi connectivity index (χ2n) is 4.94. The van der Waals surface area contributed by atoms with Gasteiger partial charge in [-0.05, 0) is 34.7 Å². The van der Waals surface area contributed by atoms with Crippen LogP contribution in [0, 0.1) is 0 Å². The van der Waals surface area contributed by atoms with Gasteiger partial charge in [-0.3, -0.25) is 9.80 Å². The smallest absolute Gasteiger partial charge is 0.0834 e. The van der Waals surface area contributed by atoms with Crippen molar-refractivity contribution < 1.29 is 5.11 Å². The van der Waals surface area contributed by atoms with Gasteiger partial charge in [0.2, 0.25) is 0 Å². The molecule has 2 atom stereocenters. The number of likely N-dealkylation sites (tertiary alicyclic amines) is 1. The number of β-amino-alcohol motifs (C(OH)–C–C–N with tert-alkyl or cyclic N) is 1. The number of hydrogen-bond donors (Lipinski definition) is 1. The maximum Gasteiger partial charge on any atom is 0.0834 e. The van der Waals surface area contributed by atoms with Crippen LogP contribution in [0.4, 0.5) is 0 Å². The number of nitrogens with zero attached hydrogens (tertiary/aromatic N) is 2. The molecule has 3 heteroatoms. The Balaban J connectivity index is 2.56. The van der Waals surface area contributed by atoms with Crippen molar-refractivity contribution in [3.05, 3.63) is 0 Å². The predicted octanol–water partition coefficient (Wildman–Crippen LogP) is 0.780. The molecule has 14 heavy (non-hydrogen) atoms. The fraction of sp³-hybridized carbons (Fsp3) is 1.00. The summed E-state index contributed by atoms with van der Waals surface area (Å²) in [5, 5.41) is 9.94. The Morgan fingerprint density at radius 3 is 2.14 bits per heavy atom. The van der Waals surface area contributed by atoms with E-state index in [1.807, 2.05) is 0 Å². The molecule has 2 unspecified atom stereocenters. The zero-order valence-corrected chi connectivity index (χ0v) is 10.1. The molecule has 1 rings (SSSR count). The molecule has 3 nitrogen and oxygen atoms in total. The van der Waals surface area contributed by atoms with Crippen LogP contribution in [0.15, 0.2) is 0 Å². The van der Waals surface area contributed by atoms with Gasteiger partial charge < -0.3 is 5.11 Å². The van der Waals surface area contributed by atoms with Gasteiger partial charge >= 0.3 is 0 Å². The molecular formula is C11H24N2O. The van der Waals surface area contributed by atoms with Crippen molar-refractivity contribution in [2.24, 2.45) is 0 Å². The average molecular weight is 200 g/mol. The van der Waals surface area contributed by atoms with Crippen molar-refractivity contribution in [2.45, 2.75) is 51.9 Å². The highest BCUT2D eigenvalue weighted by Crippen LogP contribution is 2.18. The van der Waals surface area contributed by atoms with E-state index >= 15 is 0 Å². The lowest BCUT2D eigenvalue weighted by Gasteiger charge is -2.30. The van der Waals surface area contributed by atoms with Crippen LogP contribution in [0.1, 0.15) is 27.7 Å². The monoisotopic (exact) mass is 200 g/mol. The molecule has 1 aliphatic heterocycles. The van der Waals surface area contributed by atoms with Crippen molar-refractivity contribution >= 4 is 0 Å². The number of aliphatic hydroxyl groups is 1. The second kappa shape index (κ2) is 4.60. The molecule has 1 aliphatic rings. The van der Waals surface area contributed by atoms with E-state index in [2.05, 4.69) is 44.5 Å². The molecule has 1 fully saturated rings. The highest BCUT2D eigenvalue weighted by atomic mass is 16.3. The van der Waals surface area contributed by atoms with Crippen molar-refractivity contribution in [3.8, 4) is 0 Å². The third-order valence-electron chi connectivity index (χ3n) is 3.36. The van der Waals surface area contributed by atoms with E-state index in [1.54, 1.807) is 0 Å². The summed E-state index contributed by atoms with van der Waals surface area (Å²) >= 11 is 0. The molecule has 0 amide bonds. The number of hydrogen-bond acceptors (Lipinski definition) is 3. The first-order valence-electron chi connectivity index (χ1n) is 5.57. The van der Waals surface area contributed by atoms with Gasteiger partial charge in [0.05, 0.1) is 6.10 Å². The summed E-state index contributed by atoms with van der Waals surface area (Å²) in [6.07, 6.45) is -0.190. The zero-order chi connectivity index (χ0) is 10.9. The van der Waals surface area contributed by atoms with E-state index in [9.17, 15) is 5.11 Å². The Morgan fingerprint density at radius 2 is 1.79 bits per heavy atom. The number of rotatable bonds is 3. The highest BCUT2D eigenvalue weighted by Gasteiger charge is 2.35. The molecule has 0 aromatic carbocycles. The molecule has 0 radical (unpaired) electrons. The average Bonchev–Trinajstić information content (AvgIpc) is 2.46. The summed E-state index contributed by atoms with van der Waals surface area (Å²) in [6, 6.07) is 1.34. The van der Waals surface area contributed by atoms with E-state index < -0.39 is 0 Å². The molecule has 0 aromatic heterocycles. The van der Waals surface area contributed by atoms with Gasteiger partial charge in [0.25, 0.3) is 0 Å². The topological polar surface area (TPSA) is 26.7 Å². The van der Waals surface area contributed by atoms with E-state index in [-0.39, 0.29) is 6.10 Å². The largest absolute Gasteiger partial charge is 0.390 e. The van der Waals surface area contributed by atoms with Crippen molar-refractivity contribution in [2.75, 3.05) is 20.1 Å². The lowest BCUT2D eigenvalue weighted by atomic mass is 10.1. The minimum atomic E-state index is -0.190. The predicted molar refractivity (Wildman–Crippen MR) is 59.4 cm³/mol. The summed E-state index contributed by atoms with van der Waals surface area (Å²) in [5.41, 5.74) is 0. The van der Waals surface area contributed by atoms with Gasteiger partial charge in [-0.2, -0.15) is 0 Å². The molecule has 0 bridgehead atoms. The Bertz CT molecular complexity index is 182. The van der Waals surface area contributed by atoms with E-state index in [0.29, 0.717) is 18.1 Å². The maximum atomic E-state index is 9.94. The van der Waals surface area contributed by atoms with Gasteiger partial charge in [-0.15, -0.1) is 0 Å². The fourth-order valence-electron chi connectivity index (χ4n) is 2.00. The first-order valence-corrected chi connectivity index (χ1v) is 5.57. The van der Waals surface area contributed by atoms with E-state index in [0.717, 1.165) is 13.1 Å². The molecule has 1 saturated heterocycles. The first-order chi connectivity index (χ1) is 6.43. The lowest BCUT2D eigenvalue weighted by molar-refractivity contribution is 0.0820. The summed E-state index contributed by atoms with van der Waals surface area (Å²) in [4.78, 5) is 4.61. The van der Waals surface area contributed by atoms with Crippen LogP contribution in [-0.2, 0) is 0 Å². The molecule has 1 heterocycles. The quantitative estimate of drug-likeness (QED) is 0.729. The second-order valence-corrected chi connectivity index (χ2v) is 4.94.